The van der Waals surface area contributed by atoms with Crippen LogP contribution in [0.5, 0.6) is 0 Å². The number of halogens is 2. The predicted molar refractivity (Wildman–Crippen MR) is 128 cm³/mol. The first kappa shape index (κ1) is 24.0. The van der Waals surface area contributed by atoms with Crippen LogP contribution in [-0.2, 0) is 11.2 Å². The minimum absolute atomic E-state index is 0. The van der Waals surface area contributed by atoms with Gasteiger partial charge in [0.05, 0.1) is 11.1 Å². The van der Waals surface area contributed by atoms with Gasteiger partial charge in [-0.15, -0.1) is 12.4 Å². The highest BCUT2D eigenvalue weighted by molar-refractivity contribution is 6.36. The van der Waals surface area contributed by atoms with Crippen molar-refractivity contribution in [3.05, 3.63) is 52.1 Å². The van der Waals surface area contributed by atoms with E-state index >= 15 is 0 Å². The first-order valence-electron chi connectivity index (χ1n) is 11.0. The fraction of sp³-hybridized carbons (Fsp3) is 0.417. The van der Waals surface area contributed by atoms with Gasteiger partial charge in [-0.1, -0.05) is 13.8 Å². The van der Waals surface area contributed by atoms with Crippen molar-refractivity contribution >= 4 is 41.1 Å². The lowest BCUT2D eigenvalue weighted by Crippen LogP contribution is -2.35. The summed E-state index contributed by atoms with van der Waals surface area (Å²) < 4.78 is 13.9. The summed E-state index contributed by atoms with van der Waals surface area (Å²) in [4.78, 5) is 31.4. The second kappa shape index (κ2) is 9.88. The number of hydrogen-bond donors (Lipinski definition) is 3. The molecule has 1 aromatic carbocycles. The Morgan fingerprint density at radius 2 is 1.97 bits per heavy atom. The van der Waals surface area contributed by atoms with Gasteiger partial charge >= 0.3 is 0 Å². The van der Waals surface area contributed by atoms with Crippen LogP contribution in [0.2, 0.25) is 0 Å². The third-order valence-electron chi connectivity index (χ3n) is 6.31. The molecule has 0 saturated heterocycles. The number of benzene rings is 1. The van der Waals surface area contributed by atoms with E-state index < -0.39 is 0 Å². The molecule has 1 aliphatic heterocycles. The zero-order valence-electron chi connectivity index (χ0n) is 18.7. The molecule has 2 aliphatic rings. The van der Waals surface area contributed by atoms with Crippen molar-refractivity contribution in [1.29, 1.82) is 0 Å². The topological polar surface area (TPSA) is 77.2 Å². The standard InChI is InChI=1S/C24H29FN4O2.ClH/c1-4-29(5-2)12-11-26-23(30)20-14(3)27-22-16(20)7-6-8-17(22)21-18-13-15(25)9-10-19(18)28-24(21)31;/h9-10,13,27H,4-8,11-12H2,1-3H3,(H,26,30)(H,28,31);1H/b21-17+;. The summed E-state index contributed by atoms with van der Waals surface area (Å²) in [6.45, 7) is 9.40. The molecule has 2 aromatic rings. The third kappa shape index (κ3) is 4.32. The molecule has 1 aliphatic carbocycles. The molecule has 4 rings (SSSR count). The first-order chi connectivity index (χ1) is 14.9. The van der Waals surface area contributed by atoms with Gasteiger partial charge < -0.3 is 20.5 Å². The zero-order valence-corrected chi connectivity index (χ0v) is 19.5. The third-order valence-corrected chi connectivity index (χ3v) is 6.31. The van der Waals surface area contributed by atoms with Gasteiger partial charge in [0, 0.05) is 35.7 Å². The predicted octanol–water partition coefficient (Wildman–Crippen LogP) is 4.15. The van der Waals surface area contributed by atoms with Crippen LogP contribution in [-0.4, -0.2) is 47.9 Å². The van der Waals surface area contributed by atoms with Gasteiger partial charge in [-0.05, 0) is 68.6 Å². The number of nitrogens with zero attached hydrogens (tertiary/aromatic N) is 1. The Hall–Kier alpha value is -2.64. The van der Waals surface area contributed by atoms with Crippen LogP contribution in [0, 0.1) is 12.7 Å². The quantitative estimate of drug-likeness (QED) is 0.566. The van der Waals surface area contributed by atoms with Gasteiger partial charge in [-0.3, -0.25) is 9.59 Å². The van der Waals surface area contributed by atoms with E-state index in [0.717, 1.165) is 55.0 Å². The van der Waals surface area contributed by atoms with E-state index in [4.69, 9.17) is 0 Å². The lowest BCUT2D eigenvalue weighted by atomic mass is 9.86. The number of aromatic nitrogens is 1. The number of rotatable bonds is 6. The van der Waals surface area contributed by atoms with Gasteiger partial charge in [-0.25, -0.2) is 4.39 Å². The van der Waals surface area contributed by atoms with E-state index in [0.29, 0.717) is 35.4 Å². The maximum atomic E-state index is 13.9. The fourth-order valence-corrected chi connectivity index (χ4v) is 4.70. The van der Waals surface area contributed by atoms with Gasteiger partial charge in [0.25, 0.3) is 11.8 Å². The maximum Gasteiger partial charge on any atom is 0.256 e. The van der Waals surface area contributed by atoms with E-state index in [1.54, 1.807) is 6.07 Å². The number of likely N-dealkylation sites (N-methyl/N-ethyl adjacent to an activating group) is 1. The molecule has 0 bridgehead atoms. The van der Waals surface area contributed by atoms with Crippen LogP contribution in [0.15, 0.2) is 18.2 Å². The average molecular weight is 461 g/mol. The molecule has 6 nitrogen and oxygen atoms in total. The normalized spacial score (nSPS) is 17.0. The smallest absolute Gasteiger partial charge is 0.256 e. The molecule has 3 N–H and O–H groups in total. The van der Waals surface area contributed by atoms with Crippen molar-refractivity contribution in [3.8, 4) is 0 Å². The fourth-order valence-electron chi connectivity index (χ4n) is 4.70. The Balaban J connectivity index is 0.00000289. The van der Waals surface area contributed by atoms with Gasteiger partial charge in [0.15, 0.2) is 0 Å². The van der Waals surface area contributed by atoms with Crippen molar-refractivity contribution in [2.45, 2.75) is 40.0 Å². The van der Waals surface area contributed by atoms with E-state index in [-0.39, 0.29) is 30.0 Å². The number of amides is 2. The monoisotopic (exact) mass is 460 g/mol. The molecular formula is C24H30ClFN4O2. The molecule has 0 fully saturated rings. The molecule has 2 amide bonds. The summed E-state index contributed by atoms with van der Waals surface area (Å²) in [6, 6.07) is 4.34. The van der Waals surface area contributed by atoms with Crippen molar-refractivity contribution in [2.24, 2.45) is 0 Å². The molecule has 0 radical (unpaired) electrons. The highest BCUT2D eigenvalue weighted by Crippen LogP contribution is 2.43. The Morgan fingerprint density at radius 1 is 1.22 bits per heavy atom. The highest BCUT2D eigenvalue weighted by atomic mass is 35.5. The second-order valence-electron chi connectivity index (χ2n) is 8.11. The molecule has 1 aromatic heterocycles. The number of fused-ring (bicyclic) bond motifs is 2. The molecule has 2 heterocycles. The number of carbonyl (C=O) groups excluding carboxylic acids is 2. The molecule has 8 heteroatoms. The van der Waals surface area contributed by atoms with E-state index in [9.17, 15) is 14.0 Å². The first-order valence-corrected chi connectivity index (χ1v) is 11.0. The van der Waals surface area contributed by atoms with Crippen LogP contribution in [0.4, 0.5) is 10.1 Å². The maximum absolute atomic E-state index is 13.9. The molecule has 32 heavy (non-hydrogen) atoms. The van der Waals surface area contributed by atoms with Crippen molar-refractivity contribution < 1.29 is 14.0 Å². The summed E-state index contributed by atoms with van der Waals surface area (Å²) in [6.07, 6.45) is 2.31. The van der Waals surface area contributed by atoms with Crippen LogP contribution in [0.25, 0.3) is 11.1 Å². The number of H-pyrrole nitrogens is 1. The largest absolute Gasteiger partial charge is 0.358 e. The number of aryl methyl sites for hydroxylation is 1. The average Bonchev–Trinajstić information content (AvgIpc) is 3.26. The molecule has 0 saturated carbocycles. The van der Waals surface area contributed by atoms with Crippen LogP contribution < -0.4 is 10.6 Å². The second-order valence-corrected chi connectivity index (χ2v) is 8.11. The summed E-state index contributed by atoms with van der Waals surface area (Å²) in [5.41, 5.74) is 5.82. The Morgan fingerprint density at radius 3 is 2.69 bits per heavy atom. The molecule has 0 spiro atoms. The number of allylic oxidation sites excluding steroid dienone is 1. The van der Waals surface area contributed by atoms with E-state index in [1.807, 2.05) is 6.92 Å². The van der Waals surface area contributed by atoms with Gasteiger partial charge in [0.2, 0.25) is 0 Å². The highest BCUT2D eigenvalue weighted by Gasteiger charge is 2.33. The molecule has 0 atom stereocenters. The van der Waals surface area contributed by atoms with Crippen molar-refractivity contribution in [3.63, 3.8) is 0 Å². The Labute approximate surface area is 194 Å². The van der Waals surface area contributed by atoms with Crippen LogP contribution in [0.3, 0.4) is 0 Å². The summed E-state index contributed by atoms with van der Waals surface area (Å²) in [5.74, 6) is -0.683. The number of carbonyl (C=O) groups is 2. The summed E-state index contributed by atoms with van der Waals surface area (Å²) in [7, 11) is 0. The summed E-state index contributed by atoms with van der Waals surface area (Å²) >= 11 is 0. The Kier molecular flexibility index (Phi) is 7.41. The lowest BCUT2D eigenvalue weighted by Gasteiger charge is -2.19. The zero-order chi connectivity index (χ0) is 22.1. The van der Waals surface area contributed by atoms with Crippen LogP contribution in [0.1, 0.15) is 59.6 Å². The number of aromatic amines is 1. The van der Waals surface area contributed by atoms with Crippen molar-refractivity contribution in [2.75, 3.05) is 31.5 Å². The minimum atomic E-state index is -0.375. The Bertz CT molecular complexity index is 1070. The molecular weight excluding hydrogens is 431 g/mol. The van der Waals surface area contributed by atoms with E-state index in [2.05, 4.69) is 34.4 Å². The van der Waals surface area contributed by atoms with Crippen molar-refractivity contribution in [1.82, 2.24) is 15.2 Å². The minimum Gasteiger partial charge on any atom is -0.358 e. The number of nitrogens with one attached hydrogen (secondary N) is 3. The van der Waals surface area contributed by atoms with Crippen LogP contribution >= 0.6 is 12.4 Å². The number of hydrogen-bond acceptors (Lipinski definition) is 3. The van der Waals surface area contributed by atoms with Gasteiger partial charge in [-0.2, -0.15) is 0 Å². The molecule has 0 unspecified atom stereocenters. The SMILES string of the molecule is CCN(CC)CCNC(=O)c1c(C)[nH]c2c1CCC/C2=C1\C(=O)Nc2ccc(F)cc21.Cl. The number of anilines is 1. The summed E-state index contributed by atoms with van der Waals surface area (Å²) in [5, 5.41) is 5.88. The van der Waals surface area contributed by atoms with E-state index in [1.165, 1.54) is 12.1 Å². The molecule has 172 valence electrons. The lowest BCUT2D eigenvalue weighted by molar-refractivity contribution is -0.110. The van der Waals surface area contributed by atoms with Gasteiger partial charge in [0.1, 0.15) is 5.82 Å².